The summed E-state index contributed by atoms with van der Waals surface area (Å²) < 4.78 is 0. The maximum absolute atomic E-state index is 5.72. The minimum Gasteiger partial charge on any atom is -0.316 e. The Bertz CT molecular complexity index is 75.4. The third-order valence-electron chi connectivity index (χ3n) is 1.63. The van der Waals surface area contributed by atoms with Crippen molar-refractivity contribution in [3.8, 4) is 0 Å². The van der Waals surface area contributed by atoms with Crippen molar-refractivity contribution < 1.29 is 0 Å². The van der Waals surface area contributed by atoms with E-state index in [1.807, 2.05) is 0 Å². The van der Waals surface area contributed by atoms with Crippen LogP contribution >= 0.6 is 0 Å². The minimum atomic E-state index is 0.0709. The van der Waals surface area contributed by atoms with Gasteiger partial charge in [-0.25, -0.2) is 0 Å². The maximum atomic E-state index is 5.72. The van der Waals surface area contributed by atoms with E-state index in [1.54, 1.807) is 0 Å². The van der Waals surface area contributed by atoms with Crippen LogP contribution in [0.2, 0.25) is 0 Å². The van der Waals surface area contributed by atoms with E-state index >= 15 is 0 Å². The summed E-state index contributed by atoms with van der Waals surface area (Å²) in [4.78, 5) is 0. The van der Waals surface area contributed by atoms with E-state index in [0.717, 1.165) is 25.7 Å². The number of hydrogen-bond donors (Lipinski definition) is 3. The van der Waals surface area contributed by atoms with Gasteiger partial charge in [0, 0.05) is 0 Å². The Hall–Kier alpha value is -0.120. The van der Waals surface area contributed by atoms with Crippen molar-refractivity contribution in [3.05, 3.63) is 0 Å². The molecular weight excluding hydrogens is 138 g/mol. The molecule has 0 aromatic rings. The molecule has 68 valence electrons. The van der Waals surface area contributed by atoms with Crippen LogP contribution in [0, 0.1) is 0 Å². The van der Waals surface area contributed by atoms with Crippen molar-refractivity contribution in [2.45, 2.75) is 51.9 Å². The van der Waals surface area contributed by atoms with Crippen molar-refractivity contribution in [3.63, 3.8) is 0 Å². The van der Waals surface area contributed by atoms with Crippen LogP contribution in [-0.2, 0) is 0 Å². The first-order valence-corrected chi connectivity index (χ1v) is 4.47. The summed E-state index contributed by atoms with van der Waals surface area (Å²) >= 11 is 0. The highest BCUT2D eigenvalue weighted by molar-refractivity contribution is 4.63. The quantitative estimate of drug-likeness (QED) is 0.501. The Morgan fingerprint density at radius 2 is 1.36 bits per heavy atom. The molecule has 0 radical (unpaired) electrons. The molecule has 0 bridgehead atoms. The van der Waals surface area contributed by atoms with Crippen LogP contribution in [0.15, 0.2) is 0 Å². The van der Waals surface area contributed by atoms with Gasteiger partial charge in [0.25, 0.3) is 0 Å². The van der Waals surface area contributed by atoms with E-state index in [-0.39, 0.29) is 12.3 Å². The summed E-state index contributed by atoms with van der Waals surface area (Å²) in [5.41, 5.74) is 11.4. The molecule has 0 heterocycles. The van der Waals surface area contributed by atoms with Gasteiger partial charge < -0.3 is 11.5 Å². The smallest absolute Gasteiger partial charge is 0.0558 e. The number of nitrogens with two attached hydrogens (primary N) is 2. The van der Waals surface area contributed by atoms with E-state index in [9.17, 15) is 0 Å². The van der Waals surface area contributed by atoms with E-state index < -0.39 is 0 Å². The normalized spacial score (nSPS) is 16.4. The predicted octanol–water partition coefficient (Wildman–Crippen LogP) is 0.746. The van der Waals surface area contributed by atoms with Crippen molar-refractivity contribution >= 4 is 0 Å². The van der Waals surface area contributed by atoms with Gasteiger partial charge in [0.2, 0.25) is 0 Å². The average molecular weight is 159 g/mol. The Balaban J connectivity index is 3.32. The summed E-state index contributed by atoms with van der Waals surface area (Å²) in [6.45, 7) is 4.24. The lowest BCUT2D eigenvalue weighted by Gasteiger charge is -2.18. The zero-order valence-electron chi connectivity index (χ0n) is 7.64. The fraction of sp³-hybridized carbons (Fsp3) is 1.00. The van der Waals surface area contributed by atoms with Crippen LogP contribution in [0.1, 0.15) is 39.5 Å². The summed E-state index contributed by atoms with van der Waals surface area (Å²) in [7, 11) is 0. The average Bonchev–Trinajstić information content (AvgIpc) is 1.87. The molecule has 0 aliphatic carbocycles. The largest absolute Gasteiger partial charge is 0.316 e. The summed E-state index contributed by atoms with van der Waals surface area (Å²) in [5, 5.41) is 3.14. The molecule has 0 saturated heterocycles. The van der Waals surface area contributed by atoms with Crippen LogP contribution in [-0.4, -0.2) is 12.3 Å². The summed E-state index contributed by atoms with van der Waals surface area (Å²) in [6, 6.07) is 0. The zero-order valence-corrected chi connectivity index (χ0v) is 7.64. The third-order valence-corrected chi connectivity index (χ3v) is 1.63. The van der Waals surface area contributed by atoms with Crippen molar-refractivity contribution in [2.24, 2.45) is 11.5 Å². The van der Waals surface area contributed by atoms with E-state index in [4.69, 9.17) is 11.5 Å². The van der Waals surface area contributed by atoms with Gasteiger partial charge in [-0.3, -0.25) is 5.32 Å². The van der Waals surface area contributed by atoms with Crippen LogP contribution in [0.4, 0.5) is 0 Å². The Kier molecular flexibility index (Phi) is 6.51. The highest BCUT2D eigenvalue weighted by Gasteiger charge is 2.04. The van der Waals surface area contributed by atoms with Crippen LogP contribution in [0.5, 0.6) is 0 Å². The molecule has 0 rings (SSSR count). The zero-order chi connectivity index (χ0) is 8.69. The van der Waals surface area contributed by atoms with Crippen molar-refractivity contribution in [1.82, 2.24) is 5.32 Å². The molecule has 11 heavy (non-hydrogen) atoms. The van der Waals surface area contributed by atoms with Crippen molar-refractivity contribution in [1.29, 1.82) is 0 Å². The number of nitrogens with one attached hydrogen (secondary N) is 1. The van der Waals surface area contributed by atoms with Gasteiger partial charge in [-0.15, -0.1) is 0 Å². The molecule has 0 aliphatic rings. The monoisotopic (exact) mass is 159 g/mol. The maximum Gasteiger partial charge on any atom is 0.0558 e. The standard InChI is InChI=1S/C8H21N3/c1-3-5-7(9)11-8(10)6-4-2/h7-8,11H,3-6,9-10H2,1-2H3. The topological polar surface area (TPSA) is 64.1 Å². The van der Waals surface area contributed by atoms with Gasteiger partial charge in [-0.1, -0.05) is 26.7 Å². The molecule has 0 spiro atoms. The minimum absolute atomic E-state index is 0.0709. The molecule has 0 saturated carbocycles. The molecule has 0 fully saturated rings. The van der Waals surface area contributed by atoms with Crippen LogP contribution in [0.3, 0.4) is 0 Å². The molecule has 3 nitrogen and oxygen atoms in total. The first-order valence-electron chi connectivity index (χ1n) is 4.47. The fourth-order valence-electron chi connectivity index (χ4n) is 1.06. The lowest BCUT2D eigenvalue weighted by molar-refractivity contribution is 0.399. The van der Waals surface area contributed by atoms with Crippen molar-refractivity contribution in [2.75, 3.05) is 0 Å². The van der Waals surface area contributed by atoms with E-state index in [1.165, 1.54) is 0 Å². The Labute approximate surface area is 69.5 Å². The second-order valence-corrected chi connectivity index (χ2v) is 2.96. The van der Waals surface area contributed by atoms with Crippen LogP contribution in [0.25, 0.3) is 0 Å². The number of rotatable bonds is 6. The molecule has 0 aromatic heterocycles. The Morgan fingerprint density at radius 3 is 1.64 bits per heavy atom. The molecule has 5 N–H and O–H groups in total. The lowest BCUT2D eigenvalue weighted by atomic mass is 10.2. The molecular formula is C8H21N3. The first-order chi connectivity index (χ1) is 5.20. The fourth-order valence-corrected chi connectivity index (χ4v) is 1.06. The lowest BCUT2D eigenvalue weighted by Crippen LogP contribution is -2.48. The molecule has 0 aliphatic heterocycles. The van der Waals surface area contributed by atoms with Gasteiger partial charge in [0.1, 0.15) is 0 Å². The van der Waals surface area contributed by atoms with E-state index in [0.29, 0.717) is 0 Å². The first kappa shape index (κ1) is 10.9. The van der Waals surface area contributed by atoms with Gasteiger partial charge in [-0.2, -0.15) is 0 Å². The summed E-state index contributed by atoms with van der Waals surface area (Å²) in [5.74, 6) is 0. The molecule has 2 unspecified atom stereocenters. The predicted molar refractivity (Wildman–Crippen MR) is 48.9 cm³/mol. The van der Waals surface area contributed by atoms with Crippen LogP contribution < -0.4 is 16.8 Å². The second-order valence-electron chi connectivity index (χ2n) is 2.96. The number of hydrogen-bond acceptors (Lipinski definition) is 3. The molecule has 0 amide bonds. The van der Waals surface area contributed by atoms with Gasteiger partial charge in [-0.05, 0) is 12.8 Å². The highest BCUT2D eigenvalue weighted by Crippen LogP contribution is 1.93. The molecule has 2 atom stereocenters. The molecule has 0 aromatic carbocycles. The van der Waals surface area contributed by atoms with Gasteiger partial charge in [0.05, 0.1) is 12.3 Å². The molecule has 3 heteroatoms. The second kappa shape index (κ2) is 6.58. The Morgan fingerprint density at radius 1 is 1.00 bits per heavy atom. The van der Waals surface area contributed by atoms with E-state index in [2.05, 4.69) is 19.2 Å². The highest BCUT2D eigenvalue weighted by atomic mass is 15.1. The summed E-state index contributed by atoms with van der Waals surface area (Å²) in [6.07, 6.45) is 4.34. The third kappa shape index (κ3) is 6.28. The van der Waals surface area contributed by atoms with Gasteiger partial charge >= 0.3 is 0 Å². The van der Waals surface area contributed by atoms with Gasteiger partial charge in [0.15, 0.2) is 0 Å². The SMILES string of the molecule is CCCC(N)NC(N)CCC.